The normalized spacial score (nSPS) is 21.3. The second-order valence-electron chi connectivity index (χ2n) is 12.8. The zero-order valence-electron chi connectivity index (χ0n) is 27.8. The SMILES string of the molecule is Cc1cc(C(=O)C2Cc3ccc(C(=O)N(C)C[C@@H]4OC(=O)O[C@H]4[C@H](O)[C@H]4COC(=O)O4)n3Nc3ccccc32)ccc1-c1ccccc1C(F)(F)F. The summed E-state index contributed by atoms with van der Waals surface area (Å²) in [5.74, 6) is -1.45. The number of ether oxygens (including phenoxy) is 4. The van der Waals surface area contributed by atoms with E-state index in [9.17, 15) is 37.5 Å². The van der Waals surface area contributed by atoms with Crippen LogP contribution in [-0.2, 0) is 31.5 Å². The standard InChI is InChI=1S/C37H32F3N3O9/c1-19-15-20(11-13-22(19)23-7-3-5-9-26(23)37(38,39)40)31(44)25-16-21-12-14-28(43(21)41-27-10-6-4-8-24(25)27)34(46)42(2)17-29-33(52-36(48)50-29)32(45)30-18-49-35(47)51-30/h3-15,25,29-30,32-33,41,45H,16-18H2,1-2H3/t25?,29-,30+,32+,33+/m0/s1. The van der Waals surface area contributed by atoms with Gasteiger partial charge in [0.05, 0.1) is 23.7 Å². The maximum atomic E-state index is 14.2. The lowest BCUT2D eigenvalue weighted by atomic mass is 9.85. The molecule has 3 aliphatic heterocycles. The van der Waals surface area contributed by atoms with E-state index in [4.69, 9.17) is 18.9 Å². The molecule has 3 aliphatic rings. The van der Waals surface area contributed by atoms with Gasteiger partial charge in [0, 0.05) is 24.7 Å². The second-order valence-corrected chi connectivity index (χ2v) is 12.8. The van der Waals surface area contributed by atoms with Gasteiger partial charge in [-0.1, -0.05) is 48.5 Å². The van der Waals surface area contributed by atoms with Gasteiger partial charge < -0.3 is 29.0 Å². The number of carbonyl (C=O) groups excluding carboxylic acids is 4. The van der Waals surface area contributed by atoms with Crippen LogP contribution >= 0.6 is 0 Å². The number of cyclic esters (lactones) is 4. The van der Waals surface area contributed by atoms with Crippen molar-refractivity contribution >= 4 is 29.7 Å². The van der Waals surface area contributed by atoms with Gasteiger partial charge in [0.2, 0.25) is 0 Å². The molecule has 2 saturated heterocycles. The van der Waals surface area contributed by atoms with Gasteiger partial charge in [0.1, 0.15) is 18.4 Å². The molecule has 12 nitrogen and oxygen atoms in total. The van der Waals surface area contributed by atoms with Crippen molar-refractivity contribution in [2.45, 2.75) is 49.9 Å². The Morgan fingerprint density at radius 2 is 1.71 bits per heavy atom. The summed E-state index contributed by atoms with van der Waals surface area (Å²) in [5.41, 5.74) is 5.74. The van der Waals surface area contributed by atoms with E-state index in [1.807, 2.05) is 0 Å². The minimum Gasteiger partial charge on any atom is -0.430 e. The zero-order valence-corrected chi connectivity index (χ0v) is 27.8. The first-order valence-electron chi connectivity index (χ1n) is 16.3. The maximum Gasteiger partial charge on any atom is 0.509 e. The Hall–Kier alpha value is -5.83. The topological polar surface area (TPSA) is 146 Å². The fraction of sp³-hybridized carbons (Fsp3) is 0.297. The molecular formula is C37H32F3N3O9. The van der Waals surface area contributed by atoms with Crippen LogP contribution in [-0.4, -0.2) is 83.3 Å². The average molecular weight is 720 g/mol. The quantitative estimate of drug-likeness (QED) is 0.171. The number of rotatable bonds is 8. The summed E-state index contributed by atoms with van der Waals surface area (Å²) in [5, 5.41) is 10.7. The summed E-state index contributed by atoms with van der Waals surface area (Å²) >= 11 is 0. The molecule has 15 heteroatoms. The van der Waals surface area contributed by atoms with Gasteiger partial charge in [-0.3, -0.25) is 19.7 Å². The Morgan fingerprint density at radius 3 is 2.44 bits per heavy atom. The molecule has 0 aliphatic carbocycles. The molecule has 0 spiro atoms. The molecule has 270 valence electrons. The molecule has 5 atom stereocenters. The number of benzene rings is 3. The molecule has 1 amide bonds. The van der Waals surface area contributed by atoms with Crippen LogP contribution in [0.3, 0.4) is 0 Å². The summed E-state index contributed by atoms with van der Waals surface area (Å²) in [6.45, 7) is 1.24. The van der Waals surface area contributed by atoms with Gasteiger partial charge in [-0.15, -0.1) is 0 Å². The molecule has 3 aromatic carbocycles. The molecule has 0 bridgehead atoms. The Kier molecular flexibility index (Phi) is 8.90. The molecule has 1 aromatic heterocycles. The molecule has 2 fully saturated rings. The largest absolute Gasteiger partial charge is 0.509 e. The van der Waals surface area contributed by atoms with E-state index in [1.165, 1.54) is 42.3 Å². The molecule has 7 rings (SSSR count). The van der Waals surface area contributed by atoms with Crippen LogP contribution < -0.4 is 5.43 Å². The van der Waals surface area contributed by atoms with Gasteiger partial charge in [0.15, 0.2) is 24.1 Å². The van der Waals surface area contributed by atoms with E-state index >= 15 is 0 Å². The minimum absolute atomic E-state index is 0.0229. The summed E-state index contributed by atoms with van der Waals surface area (Å²) in [6, 6.07) is 20.4. The fourth-order valence-electron chi connectivity index (χ4n) is 6.91. The van der Waals surface area contributed by atoms with Crippen molar-refractivity contribution < 1.29 is 56.4 Å². The second kappa shape index (κ2) is 13.4. The lowest BCUT2D eigenvalue weighted by molar-refractivity contribution is -0.137. The summed E-state index contributed by atoms with van der Waals surface area (Å²) < 4.78 is 63.0. The van der Waals surface area contributed by atoms with Crippen LogP contribution in [0, 0.1) is 6.92 Å². The number of likely N-dealkylation sites (N-methyl/N-ethyl adjacent to an activating group) is 1. The van der Waals surface area contributed by atoms with E-state index in [-0.39, 0.29) is 36.6 Å². The summed E-state index contributed by atoms with van der Waals surface area (Å²) in [7, 11) is 1.48. The first kappa shape index (κ1) is 34.6. The smallest absolute Gasteiger partial charge is 0.430 e. The van der Waals surface area contributed by atoms with E-state index in [1.54, 1.807) is 54.1 Å². The van der Waals surface area contributed by atoms with Crippen LogP contribution in [0.1, 0.15) is 49.1 Å². The molecule has 52 heavy (non-hydrogen) atoms. The minimum atomic E-state index is -4.55. The zero-order chi connectivity index (χ0) is 36.9. The van der Waals surface area contributed by atoms with Crippen molar-refractivity contribution in [1.29, 1.82) is 0 Å². The number of halogens is 3. The number of anilines is 1. The van der Waals surface area contributed by atoms with Crippen LogP contribution in [0.2, 0.25) is 0 Å². The number of amides is 1. The van der Waals surface area contributed by atoms with Gasteiger partial charge in [-0.2, -0.15) is 13.2 Å². The van der Waals surface area contributed by atoms with E-state index in [0.717, 1.165) is 6.07 Å². The highest BCUT2D eigenvalue weighted by atomic mass is 19.4. The van der Waals surface area contributed by atoms with Crippen LogP contribution in [0.5, 0.6) is 0 Å². The number of carbonyl (C=O) groups is 4. The van der Waals surface area contributed by atoms with E-state index < -0.39 is 60.3 Å². The number of alkyl halides is 3. The summed E-state index contributed by atoms with van der Waals surface area (Å²) in [6.07, 6.45) is -11.3. The van der Waals surface area contributed by atoms with Crippen LogP contribution in [0.25, 0.3) is 11.1 Å². The first-order valence-corrected chi connectivity index (χ1v) is 16.3. The average Bonchev–Trinajstić information content (AvgIpc) is 3.81. The molecule has 4 heterocycles. The summed E-state index contributed by atoms with van der Waals surface area (Å²) in [4.78, 5) is 52.8. The molecule has 0 radical (unpaired) electrons. The van der Waals surface area contributed by atoms with Gasteiger partial charge in [-0.05, 0) is 59.5 Å². The number of aliphatic hydroxyl groups is 1. The fourth-order valence-corrected chi connectivity index (χ4v) is 6.91. The van der Waals surface area contributed by atoms with Crippen molar-refractivity contribution in [2.24, 2.45) is 0 Å². The number of aromatic nitrogens is 1. The van der Waals surface area contributed by atoms with Crippen LogP contribution in [0.15, 0.2) is 78.9 Å². The predicted octanol–water partition coefficient (Wildman–Crippen LogP) is 5.75. The number of fused-ring (bicyclic) bond motifs is 2. The lowest BCUT2D eigenvalue weighted by Gasteiger charge is -2.26. The number of aryl methyl sites for hydroxylation is 1. The number of para-hydroxylation sites is 1. The van der Waals surface area contributed by atoms with Crippen LogP contribution in [0.4, 0.5) is 28.4 Å². The predicted molar refractivity (Wildman–Crippen MR) is 177 cm³/mol. The Balaban J connectivity index is 1.13. The first-order chi connectivity index (χ1) is 24.8. The number of ketones is 1. The van der Waals surface area contributed by atoms with Gasteiger partial charge >= 0.3 is 18.5 Å². The van der Waals surface area contributed by atoms with Gasteiger partial charge in [-0.25, -0.2) is 9.59 Å². The monoisotopic (exact) mass is 719 g/mol. The number of nitrogens with zero attached hydrogens (tertiary/aromatic N) is 2. The third-order valence-electron chi connectivity index (χ3n) is 9.49. The number of Topliss-reactive ketones (excluding diaryl/α,β-unsaturated/α-hetero) is 1. The van der Waals surface area contributed by atoms with Crippen molar-refractivity contribution in [2.75, 3.05) is 25.6 Å². The van der Waals surface area contributed by atoms with E-state index in [2.05, 4.69) is 5.43 Å². The van der Waals surface area contributed by atoms with Crippen molar-refractivity contribution in [3.05, 3.63) is 113 Å². The Bertz CT molecular complexity index is 2080. The van der Waals surface area contributed by atoms with Crippen molar-refractivity contribution in [1.82, 2.24) is 9.58 Å². The third kappa shape index (κ3) is 6.43. The highest BCUT2D eigenvalue weighted by molar-refractivity contribution is 6.03. The lowest BCUT2D eigenvalue weighted by Crippen LogP contribution is -2.48. The number of aliphatic hydroxyl groups excluding tert-OH is 1. The molecule has 0 saturated carbocycles. The Labute approximate surface area is 294 Å². The van der Waals surface area contributed by atoms with Crippen molar-refractivity contribution in [3.63, 3.8) is 0 Å². The van der Waals surface area contributed by atoms with Gasteiger partial charge in [0.25, 0.3) is 5.91 Å². The third-order valence-corrected chi connectivity index (χ3v) is 9.49. The highest BCUT2D eigenvalue weighted by Gasteiger charge is 2.48. The molecule has 2 N–H and O–H groups in total. The maximum absolute atomic E-state index is 14.2. The number of hydrogen-bond donors (Lipinski definition) is 2. The number of hydrogen-bond acceptors (Lipinski definition) is 10. The van der Waals surface area contributed by atoms with Crippen molar-refractivity contribution in [3.8, 4) is 11.1 Å². The highest BCUT2D eigenvalue weighted by Crippen LogP contribution is 2.39. The van der Waals surface area contributed by atoms with E-state index in [0.29, 0.717) is 33.6 Å². The molecule has 4 aromatic rings. The Morgan fingerprint density at radius 1 is 0.962 bits per heavy atom. The molecule has 1 unspecified atom stereocenters. The molecular weight excluding hydrogens is 687 g/mol. The number of nitrogens with one attached hydrogen (secondary N) is 1.